The lowest BCUT2D eigenvalue weighted by molar-refractivity contribution is -0.145. The standard InChI is InChI=1S/C24H25NO5/c1-15-20(23(26)28-3)22(21(16(2)25-15)24(27)29-4)18-10-12-19(13-11-18)30-14-17-8-6-5-7-9-17/h5-13,20,22,25H,1,14H2,2-4H3. The Kier molecular flexibility index (Phi) is 6.57. The van der Waals surface area contributed by atoms with Crippen LogP contribution in [0.4, 0.5) is 0 Å². The Bertz CT molecular complexity index is 963. The van der Waals surface area contributed by atoms with E-state index >= 15 is 0 Å². The third-order valence-electron chi connectivity index (χ3n) is 5.12. The first-order valence-electron chi connectivity index (χ1n) is 9.55. The third kappa shape index (κ3) is 4.38. The summed E-state index contributed by atoms with van der Waals surface area (Å²) in [6.07, 6.45) is 0. The molecule has 1 aliphatic rings. The fourth-order valence-electron chi connectivity index (χ4n) is 3.65. The van der Waals surface area contributed by atoms with E-state index in [0.29, 0.717) is 29.3 Å². The lowest BCUT2D eigenvalue weighted by atomic mass is 9.75. The van der Waals surface area contributed by atoms with Gasteiger partial charge in [0.25, 0.3) is 0 Å². The molecule has 2 aromatic rings. The minimum Gasteiger partial charge on any atom is -0.489 e. The van der Waals surface area contributed by atoms with Crippen LogP contribution in [0.2, 0.25) is 0 Å². The lowest BCUT2D eigenvalue weighted by Crippen LogP contribution is -2.39. The van der Waals surface area contributed by atoms with Crippen LogP contribution in [-0.2, 0) is 25.7 Å². The van der Waals surface area contributed by atoms with Crippen LogP contribution in [0.15, 0.2) is 78.1 Å². The molecule has 6 heteroatoms. The highest BCUT2D eigenvalue weighted by Gasteiger charge is 2.42. The first kappa shape index (κ1) is 21.2. The zero-order valence-corrected chi connectivity index (χ0v) is 17.3. The third-order valence-corrected chi connectivity index (χ3v) is 5.12. The molecule has 0 fully saturated rings. The van der Waals surface area contributed by atoms with Gasteiger partial charge in [-0.15, -0.1) is 0 Å². The lowest BCUT2D eigenvalue weighted by Gasteiger charge is -2.34. The van der Waals surface area contributed by atoms with E-state index in [-0.39, 0.29) is 0 Å². The number of carbonyl (C=O) groups is 2. The number of rotatable bonds is 6. The van der Waals surface area contributed by atoms with Gasteiger partial charge in [-0.05, 0) is 30.2 Å². The van der Waals surface area contributed by atoms with Gasteiger partial charge in [-0.1, -0.05) is 49.0 Å². The van der Waals surface area contributed by atoms with E-state index in [2.05, 4.69) is 11.9 Å². The summed E-state index contributed by atoms with van der Waals surface area (Å²) in [5.74, 6) is -1.64. The van der Waals surface area contributed by atoms with Crippen LogP contribution < -0.4 is 10.1 Å². The van der Waals surface area contributed by atoms with Crippen LogP contribution in [0, 0.1) is 5.92 Å². The molecule has 1 N–H and O–H groups in total. The van der Waals surface area contributed by atoms with Crippen molar-refractivity contribution in [1.29, 1.82) is 0 Å². The number of esters is 2. The van der Waals surface area contributed by atoms with Crippen molar-refractivity contribution in [3.63, 3.8) is 0 Å². The van der Waals surface area contributed by atoms with Crippen LogP contribution in [0.25, 0.3) is 0 Å². The summed E-state index contributed by atoms with van der Waals surface area (Å²) >= 11 is 0. The Morgan fingerprint density at radius 3 is 2.27 bits per heavy atom. The highest BCUT2D eigenvalue weighted by molar-refractivity contribution is 5.94. The summed E-state index contributed by atoms with van der Waals surface area (Å²) in [6, 6.07) is 17.2. The van der Waals surface area contributed by atoms with Gasteiger partial charge in [0.05, 0.1) is 19.8 Å². The predicted molar refractivity (Wildman–Crippen MR) is 112 cm³/mol. The molecule has 0 saturated heterocycles. The van der Waals surface area contributed by atoms with E-state index in [4.69, 9.17) is 14.2 Å². The topological polar surface area (TPSA) is 73.9 Å². The van der Waals surface area contributed by atoms with E-state index in [1.54, 1.807) is 6.92 Å². The molecule has 0 aliphatic carbocycles. The SMILES string of the molecule is C=C1NC(C)=C(C(=O)OC)C(c2ccc(OCc3ccccc3)cc2)C1C(=O)OC. The Labute approximate surface area is 176 Å². The average molecular weight is 407 g/mol. The fourth-order valence-corrected chi connectivity index (χ4v) is 3.65. The molecule has 1 heterocycles. The van der Waals surface area contributed by atoms with Crippen molar-refractivity contribution in [3.05, 3.63) is 89.3 Å². The molecule has 2 aromatic carbocycles. The average Bonchev–Trinajstić information content (AvgIpc) is 2.77. The van der Waals surface area contributed by atoms with E-state index in [1.807, 2.05) is 54.6 Å². The Morgan fingerprint density at radius 2 is 1.67 bits per heavy atom. The molecule has 0 aromatic heterocycles. The van der Waals surface area contributed by atoms with Crippen molar-refractivity contribution in [2.45, 2.75) is 19.4 Å². The van der Waals surface area contributed by atoms with Gasteiger partial charge in [0.15, 0.2) is 0 Å². The Hall–Kier alpha value is -3.54. The smallest absolute Gasteiger partial charge is 0.336 e. The predicted octanol–water partition coefficient (Wildman–Crippen LogP) is 3.70. The minimum absolute atomic E-state index is 0.373. The number of benzene rings is 2. The van der Waals surface area contributed by atoms with Gasteiger partial charge in [-0.2, -0.15) is 0 Å². The van der Waals surface area contributed by atoms with Crippen LogP contribution in [0.5, 0.6) is 5.75 Å². The molecule has 0 spiro atoms. The van der Waals surface area contributed by atoms with Gasteiger partial charge >= 0.3 is 11.9 Å². The molecule has 0 amide bonds. The maximum Gasteiger partial charge on any atom is 0.336 e. The van der Waals surface area contributed by atoms with Crippen LogP contribution in [0.3, 0.4) is 0 Å². The quantitative estimate of drug-likeness (QED) is 0.736. The van der Waals surface area contributed by atoms with Gasteiger partial charge in [-0.3, -0.25) is 4.79 Å². The molecule has 2 atom stereocenters. The first-order chi connectivity index (χ1) is 14.5. The molecule has 6 nitrogen and oxygen atoms in total. The Balaban J connectivity index is 1.92. The summed E-state index contributed by atoms with van der Waals surface area (Å²) < 4.78 is 15.8. The molecule has 30 heavy (non-hydrogen) atoms. The molecule has 156 valence electrons. The second-order valence-electron chi connectivity index (χ2n) is 7.00. The summed E-state index contributed by atoms with van der Waals surface area (Å²) in [4.78, 5) is 25.1. The highest BCUT2D eigenvalue weighted by Crippen LogP contribution is 2.41. The van der Waals surface area contributed by atoms with E-state index in [9.17, 15) is 9.59 Å². The van der Waals surface area contributed by atoms with Gasteiger partial charge in [0, 0.05) is 17.3 Å². The summed E-state index contributed by atoms with van der Waals surface area (Å²) in [6.45, 7) is 6.17. The van der Waals surface area contributed by atoms with Crippen molar-refractivity contribution in [1.82, 2.24) is 5.32 Å². The zero-order chi connectivity index (χ0) is 21.7. The van der Waals surface area contributed by atoms with Crippen molar-refractivity contribution in [2.75, 3.05) is 14.2 Å². The second-order valence-corrected chi connectivity index (χ2v) is 7.00. The van der Waals surface area contributed by atoms with E-state index in [1.165, 1.54) is 14.2 Å². The van der Waals surface area contributed by atoms with Crippen molar-refractivity contribution >= 4 is 11.9 Å². The molecule has 3 rings (SSSR count). The molecule has 0 radical (unpaired) electrons. The molecular weight excluding hydrogens is 382 g/mol. The number of hydrogen-bond acceptors (Lipinski definition) is 6. The second kappa shape index (κ2) is 9.31. The summed E-state index contributed by atoms with van der Waals surface area (Å²) in [5.41, 5.74) is 3.27. The van der Waals surface area contributed by atoms with Gasteiger partial charge in [0.2, 0.25) is 0 Å². The molecule has 0 bridgehead atoms. The maximum atomic E-state index is 12.5. The number of allylic oxidation sites excluding steroid dienone is 1. The number of nitrogens with one attached hydrogen (secondary N) is 1. The number of hydrogen-bond donors (Lipinski definition) is 1. The normalized spacial score (nSPS) is 18.4. The Morgan fingerprint density at radius 1 is 1.00 bits per heavy atom. The number of ether oxygens (including phenoxy) is 3. The van der Waals surface area contributed by atoms with Crippen molar-refractivity contribution in [3.8, 4) is 5.75 Å². The first-order valence-corrected chi connectivity index (χ1v) is 9.55. The van der Waals surface area contributed by atoms with Crippen molar-refractivity contribution < 1.29 is 23.8 Å². The van der Waals surface area contributed by atoms with Crippen molar-refractivity contribution in [2.24, 2.45) is 5.92 Å². The van der Waals surface area contributed by atoms with Gasteiger partial charge in [0.1, 0.15) is 18.3 Å². The van der Waals surface area contributed by atoms with Crippen LogP contribution in [-0.4, -0.2) is 26.2 Å². The van der Waals surface area contributed by atoms with Gasteiger partial charge < -0.3 is 19.5 Å². The molecule has 1 aliphatic heterocycles. The van der Waals surface area contributed by atoms with Crippen LogP contribution >= 0.6 is 0 Å². The molecular formula is C24H25NO5. The van der Waals surface area contributed by atoms with E-state index in [0.717, 1.165) is 11.1 Å². The largest absolute Gasteiger partial charge is 0.489 e. The van der Waals surface area contributed by atoms with Gasteiger partial charge in [-0.25, -0.2) is 4.79 Å². The number of carbonyl (C=O) groups excluding carboxylic acids is 2. The minimum atomic E-state index is -0.760. The highest BCUT2D eigenvalue weighted by atomic mass is 16.5. The summed E-state index contributed by atoms with van der Waals surface area (Å²) in [7, 11) is 2.63. The monoisotopic (exact) mass is 407 g/mol. The van der Waals surface area contributed by atoms with Crippen LogP contribution in [0.1, 0.15) is 24.0 Å². The fraction of sp³-hybridized carbons (Fsp3) is 0.250. The zero-order valence-electron chi connectivity index (χ0n) is 17.3. The molecule has 2 unspecified atom stereocenters. The molecule has 0 saturated carbocycles. The maximum absolute atomic E-state index is 12.5. The number of methoxy groups -OCH3 is 2. The van der Waals surface area contributed by atoms with E-state index < -0.39 is 23.8 Å². The summed E-state index contributed by atoms with van der Waals surface area (Å²) in [5, 5.41) is 3.02.